The van der Waals surface area contributed by atoms with Crippen LogP contribution in [0.2, 0.25) is 0 Å². The van der Waals surface area contributed by atoms with Crippen LogP contribution in [0.4, 0.5) is 10.1 Å². The number of methoxy groups -OCH3 is 1. The molecule has 0 bridgehead atoms. The number of carbonyl (C=O) groups excluding carboxylic acids is 1. The fourth-order valence-corrected chi connectivity index (χ4v) is 4.05. The summed E-state index contributed by atoms with van der Waals surface area (Å²) in [6.07, 6.45) is 0.878. The molecule has 0 aromatic heterocycles. The molecular formula is C22H27FN2O2. The molecule has 0 radical (unpaired) electrons. The predicted octanol–water partition coefficient (Wildman–Crippen LogP) is 4.24. The van der Waals surface area contributed by atoms with Gasteiger partial charge in [0, 0.05) is 17.8 Å². The molecule has 27 heavy (non-hydrogen) atoms. The summed E-state index contributed by atoms with van der Waals surface area (Å²) in [7, 11) is 1.65. The Hall–Kier alpha value is -2.40. The summed E-state index contributed by atoms with van der Waals surface area (Å²) in [4.78, 5) is 14.9. The van der Waals surface area contributed by atoms with Gasteiger partial charge in [-0.2, -0.15) is 0 Å². The number of amides is 1. The predicted molar refractivity (Wildman–Crippen MR) is 106 cm³/mol. The average Bonchev–Trinajstić information content (AvgIpc) is 2.61. The number of rotatable bonds is 5. The van der Waals surface area contributed by atoms with Crippen LogP contribution in [-0.4, -0.2) is 25.1 Å². The van der Waals surface area contributed by atoms with Crippen LogP contribution in [0.15, 0.2) is 42.5 Å². The van der Waals surface area contributed by atoms with Crippen LogP contribution in [0.1, 0.15) is 44.2 Å². The Kier molecular flexibility index (Phi) is 5.51. The summed E-state index contributed by atoms with van der Waals surface area (Å²) >= 11 is 0. The van der Waals surface area contributed by atoms with Gasteiger partial charge >= 0.3 is 0 Å². The first-order valence-electron chi connectivity index (χ1n) is 9.28. The van der Waals surface area contributed by atoms with Gasteiger partial charge in [0.05, 0.1) is 13.7 Å². The van der Waals surface area contributed by atoms with Crippen molar-refractivity contribution in [2.45, 2.75) is 45.2 Å². The molecule has 0 unspecified atom stereocenters. The lowest BCUT2D eigenvalue weighted by Gasteiger charge is -2.46. The van der Waals surface area contributed by atoms with Crippen molar-refractivity contribution >= 4 is 11.6 Å². The highest BCUT2D eigenvalue weighted by Crippen LogP contribution is 2.44. The van der Waals surface area contributed by atoms with Crippen LogP contribution in [0, 0.1) is 5.82 Å². The molecule has 1 heterocycles. The van der Waals surface area contributed by atoms with Gasteiger partial charge in [-0.25, -0.2) is 4.39 Å². The minimum Gasteiger partial charge on any atom is -0.497 e. The zero-order chi connectivity index (χ0) is 19.6. The SMILES string of the molecule is COc1ccc2c(c1)[C@H](C)CC(C)(C)N2C(=O)CNCc1cccc(F)c1. The molecule has 1 aliphatic rings. The number of anilines is 1. The number of carbonyl (C=O) groups is 1. The fourth-order valence-electron chi connectivity index (χ4n) is 4.05. The maximum absolute atomic E-state index is 13.3. The number of hydrogen-bond acceptors (Lipinski definition) is 3. The van der Waals surface area contributed by atoms with E-state index in [1.807, 2.05) is 29.2 Å². The summed E-state index contributed by atoms with van der Waals surface area (Å²) in [5.41, 5.74) is 2.61. The first-order chi connectivity index (χ1) is 12.8. The average molecular weight is 370 g/mol. The highest BCUT2D eigenvalue weighted by atomic mass is 19.1. The van der Waals surface area contributed by atoms with Gasteiger partial charge in [-0.15, -0.1) is 0 Å². The van der Waals surface area contributed by atoms with Crippen LogP contribution >= 0.6 is 0 Å². The number of halogens is 1. The molecule has 0 fully saturated rings. The molecule has 144 valence electrons. The van der Waals surface area contributed by atoms with Gasteiger partial charge in [-0.3, -0.25) is 4.79 Å². The van der Waals surface area contributed by atoms with E-state index in [1.165, 1.54) is 12.1 Å². The summed E-state index contributed by atoms with van der Waals surface area (Å²) < 4.78 is 18.6. The Bertz CT molecular complexity index is 835. The van der Waals surface area contributed by atoms with E-state index in [0.717, 1.165) is 29.0 Å². The van der Waals surface area contributed by atoms with Gasteiger partial charge in [0.2, 0.25) is 5.91 Å². The maximum atomic E-state index is 13.3. The number of hydrogen-bond donors (Lipinski definition) is 1. The Balaban J connectivity index is 1.77. The second kappa shape index (κ2) is 7.69. The van der Waals surface area contributed by atoms with Crippen LogP contribution < -0.4 is 15.0 Å². The highest BCUT2D eigenvalue weighted by molar-refractivity contribution is 5.97. The molecule has 1 amide bonds. The molecule has 4 nitrogen and oxygen atoms in total. The van der Waals surface area contributed by atoms with Crippen molar-refractivity contribution in [1.82, 2.24) is 5.32 Å². The molecule has 5 heteroatoms. The van der Waals surface area contributed by atoms with Gasteiger partial charge < -0.3 is 15.0 Å². The third-order valence-corrected chi connectivity index (χ3v) is 5.16. The largest absolute Gasteiger partial charge is 0.497 e. The second-order valence-corrected chi connectivity index (χ2v) is 7.80. The Morgan fingerprint density at radius 2 is 2.07 bits per heavy atom. The molecule has 1 atom stereocenters. The summed E-state index contributed by atoms with van der Waals surface area (Å²) in [6.45, 7) is 7.02. The maximum Gasteiger partial charge on any atom is 0.241 e. The topological polar surface area (TPSA) is 41.6 Å². The van der Waals surface area contributed by atoms with E-state index in [-0.39, 0.29) is 23.8 Å². The zero-order valence-corrected chi connectivity index (χ0v) is 16.4. The lowest BCUT2D eigenvalue weighted by molar-refractivity contribution is -0.119. The molecule has 1 aliphatic heterocycles. The van der Waals surface area contributed by atoms with Crippen LogP contribution in [0.5, 0.6) is 5.75 Å². The van der Waals surface area contributed by atoms with E-state index in [4.69, 9.17) is 4.74 Å². The minimum atomic E-state index is -0.279. The Morgan fingerprint density at radius 1 is 1.30 bits per heavy atom. The van der Waals surface area contributed by atoms with Crippen LogP contribution in [-0.2, 0) is 11.3 Å². The van der Waals surface area contributed by atoms with E-state index < -0.39 is 0 Å². The van der Waals surface area contributed by atoms with E-state index >= 15 is 0 Å². The molecule has 1 N–H and O–H groups in total. The van der Waals surface area contributed by atoms with Crippen molar-refractivity contribution < 1.29 is 13.9 Å². The van der Waals surface area contributed by atoms with E-state index in [2.05, 4.69) is 26.1 Å². The Morgan fingerprint density at radius 3 is 2.78 bits per heavy atom. The number of nitrogens with zero attached hydrogens (tertiary/aromatic N) is 1. The number of fused-ring (bicyclic) bond motifs is 1. The van der Waals surface area contributed by atoms with Crippen molar-refractivity contribution in [3.8, 4) is 5.75 Å². The van der Waals surface area contributed by atoms with Crippen molar-refractivity contribution in [2.24, 2.45) is 0 Å². The molecule has 3 rings (SSSR count). The smallest absolute Gasteiger partial charge is 0.241 e. The van der Waals surface area contributed by atoms with Gasteiger partial charge in [0.1, 0.15) is 11.6 Å². The van der Waals surface area contributed by atoms with Gasteiger partial charge in [0.15, 0.2) is 0 Å². The van der Waals surface area contributed by atoms with E-state index in [1.54, 1.807) is 13.2 Å². The number of benzene rings is 2. The first-order valence-corrected chi connectivity index (χ1v) is 9.28. The van der Waals surface area contributed by atoms with Crippen LogP contribution in [0.3, 0.4) is 0 Å². The van der Waals surface area contributed by atoms with Crippen molar-refractivity contribution in [1.29, 1.82) is 0 Å². The molecule has 0 saturated heterocycles. The summed E-state index contributed by atoms with van der Waals surface area (Å²) in [5, 5.41) is 3.15. The zero-order valence-electron chi connectivity index (χ0n) is 16.4. The third kappa shape index (κ3) is 4.14. The van der Waals surface area contributed by atoms with E-state index in [0.29, 0.717) is 12.5 Å². The summed E-state index contributed by atoms with van der Waals surface area (Å²) in [5.74, 6) is 0.885. The molecule has 2 aromatic carbocycles. The van der Waals surface area contributed by atoms with Crippen molar-refractivity contribution in [3.63, 3.8) is 0 Å². The highest BCUT2D eigenvalue weighted by Gasteiger charge is 2.39. The van der Waals surface area contributed by atoms with Crippen molar-refractivity contribution in [3.05, 3.63) is 59.4 Å². The minimum absolute atomic E-state index is 0.00900. The normalized spacial score (nSPS) is 18.1. The van der Waals surface area contributed by atoms with Gasteiger partial charge in [-0.1, -0.05) is 19.1 Å². The second-order valence-electron chi connectivity index (χ2n) is 7.80. The van der Waals surface area contributed by atoms with Gasteiger partial charge in [-0.05, 0) is 67.6 Å². The molecular weight excluding hydrogens is 343 g/mol. The van der Waals surface area contributed by atoms with Crippen LogP contribution in [0.25, 0.3) is 0 Å². The van der Waals surface area contributed by atoms with Crippen molar-refractivity contribution in [2.75, 3.05) is 18.6 Å². The van der Waals surface area contributed by atoms with Gasteiger partial charge in [0.25, 0.3) is 0 Å². The standard InChI is InChI=1S/C22H27FN2O2/c1-15-12-22(2,3)25(20-9-8-18(27-4)11-19(15)20)21(26)14-24-13-16-6-5-7-17(23)10-16/h5-11,15,24H,12-14H2,1-4H3/t15-/m1/s1. The lowest BCUT2D eigenvalue weighted by atomic mass is 9.80. The summed E-state index contributed by atoms with van der Waals surface area (Å²) in [6, 6.07) is 12.3. The fraction of sp³-hybridized carbons (Fsp3) is 0.409. The third-order valence-electron chi connectivity index (χ3n) is 5.16. The quantitative estimate of drug-likeness (QED) is 0.856. The molecule has 0 saturated carbocycles. The first kappa shape index (κ1) is 19.4. The Labute approximate surface area is 160 Å². The lowest BCUT2D eigenvalue weighted by Crippen LogP contribution is -2.54. The number of nitrogens with one attached hydrogen (secondary N) is 1. The molecule has 0 spiro atoms. The molecule has 0 aliphatic carbocycles. The molecule has 2 aromatic rings. The van der Waals surface area contributed by atoms with E-state index in [9.17, 15) is 9.18 Å². The monoisotopic (exact) mass is 370 g/mol. The number of ether oxygens (including phenoxy) is 1.